The Balaban J connectivity index is 2.37. The third kappa shape index (κ3) is 2.01. The predicted molar refractivity (Wildman–Crippen MR) is 66.0 cm³/mol. The summed E-state index contributed by atoms with van der Waals surface area (Å²) in [6.07, 6.45) is 2.43. The van der Waals surface area contributed by atoms with Crippen molar-refractivity contribution < 1.29 is 0 Å². The van der Waals surface area contributed by atoms with Gasteiger partial charge < -0.3 is 10.6 Å². The van der Waals surface area contributed by atoms with E-state index in [1.165, 1.54) is 12.8 Å². The Hall–Kier alpha value is -1.58. The van der Waals surface area contributed by atoms with Crippen molar-refractivity contribution in [3.63, 3.8) is 0 Å². The fraction of sp³-hybridized carbons (Fsp3) is 0.500. The molecular weight excluding hydrogens is 200 g/mol. The van der Waals surface area contributed by atoms with Gasteiger partial charge in [0.05, 0.1) is 0 Å². The second-order valence-electron chi connectivity index (χ2n) is 4.45. The van der Waals surface area contributed by atoms with Crippen LogP contribution in [0.1, 0.15) is 31.0 Å². The van der Waals surface area contributed by atoms with Crippen LogP contribution in [0.2, 0.25) is 0 Å². The number of hydrogen-bond acceptors (Lipinski definition) is 3. The van der Waals surface area contributed by atoms with Gasteiger partial charge in [0.2, 0.25) is 0 Å². The van der Waals surface area contributed by atoms with Crippen molar-refractivity contribution >= 4 is 11.7 Å². The summed E-state index contributed by atoms with van der Waals surface area (Å²) in [7, 11) is 0. The van der Waals surface area contributed by atoms with Crippen LogP contribution in [0.25, 0.3) is 0 Å². The van der Waals surface area contributed by atoms with Gasteiger partial charge in [0.1, 0.15) is 11.7 Å². The van der Waals surface area contributed by atoms with E-state index in [9.17, 15) is 0 Å². The predicted octanol–water partition coefficient (Wildman–Crippen LogP) is 1.66. The highest BCUT2D eigenvalue weighted by molar-refractivity contribution is 5.95. The van der Waals surface area contributed by atoms with Gasteiger partial charge in [0.25, 0.3) is 0 Å². The van der Waals surface area contributed by atoms with Crippen molar-refractivity contribution in [2.24, 2.45) is 5.73 Å². The molecule has 1 atom stereocenters. The highest BCUT2D eigenvalue weighted by atomic mass is 15.2. The molecule has 16 heavy (non-hydrogen) atoms. The SMILES string of the molecule is Cc1cc(C(=N)N)cc(N2CCCC2C)n1. The largest absolute Gasteiger partial charge is 0.384 e. The number of nitrogens with one attached hydrogen (secondary N) is 1. The van der Waals surface area contributed by atoms with E-state index in [-0.39, 0.29) is 5.84 Å². The van der Waals surface area contributed by atoms with E-state index in [2.05, 4.69) is 16.8 Å². The van der Waals surface area contributed by atoms with Crippen LogP contribution >= 0.6 is 0 Å². The van der Waals surface area contributed by atoms with Crippen LogP contribution in [0.4, 0.5) is 5.82 Å². The summed E-state index contributed by atoms with van der Waals surface area (Å²) in [5.74, 6) is 1.06. The number of aryl methyl sites for hydroxylation is 1. The molecule has 0 saturated carbocycles. The molecule has 1 aromatic heterocycles. The van der Waals surface area contributed by atoms with E-state index in [4.69, 9.17) is 11.1 Å². The first-order chi connectivity index (χ1) is 7.58. The smallest absolute Gasteiger partial charge is 0.129 e. The molecule has 0 amide bonds. The monoisotopic (exact) mass is 218 g/mol. The summed E-state index contributed by atoms with van der Waals surface area (Å²) in [5.41, 5.74) is 7.21. The third-order valence-corrected chi connectivity index (χ3v) is 3.10. The minimum Gasteiger partial charge on any atom is -0.384 e. The van der Waals surface area contributed by atoms with Gasteiger partial charge in [0, 0.05) is 23.8 Å². The minimum absolute atomic E-state index is 0.110. The number of pyridine rings is 1. The maximum Gasteiger partial charge on any atom is 0.129 e. The fourth-order valence-corrected chi connectivity index (χ4v) is 2.23. The molecule has 0 aromatic carbocycles. The summed E-state index contributed by atoms with van der Waals surface area (Å²) < 4.78 is 0. The van der Waals surface area contributed by atoms with Gasteiger partial charge in [-0.3, -0.25) is 5.41 Å². The Kier molecular flexibility index (Phi) is 2.81. The van der Waals surface area contributed by atoms with Crippen molar-refractivity contribution in [3.8, 4) is 0 Å². The first kappa shape index (κ1) is 10.9. The zero-order valence-electron chi connectivity index (χ0n) is 9.83. The molecule has 0 spiro atoms. The molecule has 2 rings (SSSR count). The summed E-state index contributed by atoms with van der Waals surface area (Å²) in [6, 6.07) is 4.30. The molecule has 4 nitrogen and oxygen atoms in total. The van der Waals surface area contributed by atoms with Gasteiger partial charge in [-0.2, -0.15) is 0 Å². The first-order valence-electron chi connectivity index (χ1n) is 5.67. The van der Waals surface area contributed by atoms with Gasteiger partial charge in [0.15, 0.2) is 0 Å². The molecule has 1 aromatic rings. The van der Waals surface area contributed by atoms with Crippen molar-refractivity contribution in [2.45, 2.75) is 32.7 Å². The molecule has 1 aliphatic heterocycles. The second-order valence-corrected chi connectivity index (χ2v) is 4.45. The number of aromatic nitrogens is 1. The second kappa shape index (κ2) is 4.12. The van der Waals surface area contributed by atoms with Gasteiger partial charge >= 0.3 is 0 Å². The fourth-order valence-electron chi connectivity index (χ4n) is 2.23. The Bertz CT molecular complexity index is 413. The van der Waals surface area contributed by atoms with Crippen molar-refractivity contribution in [3.05, 3.63) is 23.4 Å². The molecule has 86 valence electrons. The van der Waals surface area contributed by atoms with Gasteiger partial charge in [-0.05, 0) is 38.8 Å². The molecule has 0 aliphatic carbocycles. The molecule has 1 aliphatic rings. The molecule has 0 radical (unpaired) electrons. The Morgan fingerprint density at radius 3 is 2.88 bits per heavy atom. The Morgan fingerprint density at radius 1 is 1.56 bits per heavy atom. The average molecular weight is 218 g/mol. The number of nitrogens with zero attached hydrogens (tertiary/aromatic N) is 2. The van der Waals surface area contributed by atoms with Crippen molar-refractivity contribution in [1.82, 2.24) is 4.98 Å². The van der Waals surface area contributed by atoms with Crippen LogP contribution in [-0.2, 0) is 0 Å². The third-order valence-electron chi connectivity index (χ3n) is 3.10. The molecule has 3 N–H and O–H groups in total. The molecule has 1 fully saturated rings. The summed E-state index contributed by atoms with van der Waals surface area (Å²) in [4.78, 5) is 6.81. The Labute approximate surface area is 96.0 Å². The maximum absolute atomic E-state index is 7.48. The maximum atomic E-state index is 7.48. The topological polar surface area (TPSA) is 66.0 Å². The lowest BCUT2D eigenvalue weighted by Crippen LogP contribution is -2.28. The molecule has 0 bridgehead atoms. The first-order valence-corrected chi connectivity index (χ1v) is 5.67. The van der Waals surface area contributed by atoms with Crippen LogP contribution < -0.4 is 10.6 Å². The zero-order valence-corrected chi connectivity index (χ0v) is 9.83. The van der Waals surface area contributed by atoms with Crippen LogP contribution in [0.15, 0.2) is 12.1 Å². The summed E-state index contributed by atoms with van der Waals surface area (Å²) in [6.45, 7) is 5.20. The van der Waals surface area contributed by atoms with Crippen LogP contribution in [0.3, 0.4) is 0 Å². The van der Waals surface area contributed by atoms with Crippen LogP contribution in [-0.4, -0.2) is 23.4 Å². The van der Waals surface area contributed by atoms with Crippen LogP contribution in [0.5, 0.6) is 0 Å². The number of nitrogens with two attached hydrogens (primary N) is 1. The average Bonchev–Trinajstić information content (AvgIpc) is 2.63. The van der Waals surface area contributed by atoms with E-state index in [1.807, 2.05) is 19.1 Å². The van der Waals surface area contributed by atoms with Gasteiger partial charge in [-0.25, -0.2) is 4.98 Å². The number of hydrogen-bond donors (Lipinski definition) is 2. The number of amidine groups is 1. The normalized spacial score (nSPS) is 20.1. The molecule has 2 heterocycles. The quantitative estimate of drug-likeness (QED) is 0.586. The number of rotatable bonds is 2. The molecule has 1 unspecified atom stereocenters. The molecular formula is C12H18N4. The van der Waals surface area contributed by atoms with Crippen molar-refractivity contribution in [2.75, 3.05) is 11.4 Å². The zero-order chi connectivity index (χ0) is 11.7. The van der Waals surface area contributed by atoms with E-state index < -0.39 is 0 Å². The lowest BCUT2D eigenvalue weighted by atomic mass is 10.2. The van der Waals surface area contributed by atoms with Crippen LogP contribution in [0, 0.1) is 12.3 Å². The van der Waals surface area contributed by atoms with Crippen molar-refractivity contribution in [1.29, 1.82) is 5.41 Å². The van der Waals surface area contributed by atoms with E-state index in [0.717, 1.165) is 23.6 Å². The van der Waals surface area contributed by atoms with E-state index in [1.54, 1.807) is 0 Å². The van der Waals surface area contributed by atoms with Gasteiger partial charge in [-0.1, -0.05) is 0 Å². The minimum atomic E-state index is 0.110. The standard InChI is InChI=1S/C12H18N4/c1-8-6-10(12(13)14)7-11(15-8)16-5-3-4-9(16)2/h6-7,9H,3-5H2,1-2H3,(H3,13,14). The molecule has 1 saturated heterocycles. The highest BCUT2D eigenvalue weighted by Gasteiger charge is 2.22. The highest BCUT2D eigenvalue weighted by Crippen LogP contribution is 2.24. The lowest BCUT2D eigenvalue weighted by molar-refractivity contribution is 0.726. The van der Waals surface area contributed by atoms with E-state index in [0.29, 0.717) is 6.04 Å². The Morgan fingerprint density at radius 2 is 2.31 bits per heavy atom. The summed E-state index contributed by atoms with van der Waals surface area (Å²) >= 11 is 0. The number of nitrogen functional groups attached to an aromatic ring is 1. The number of anilines is 1. The lowest BCUT2D eigenvalue weighted by Gasteiger charge is -2.23. The van der Waals surface area contributed by atoms with Gasteiger partial charge in [-0.15, -0.1) is 0 Å². The molecule has 4 heteroatoms. The summed E-state index contributed by atoms with van der Waals surface area (Å²) in [5, 5.41) is 7.48. The van der Waals surface area contributed by atoms with E-state index >= 15 is 0 Å².